The molecule has 0 amide bonds. The molecule has 0 aromatic rings. The summed E-state index contributed by atoms with van der Waals surface area (Å²) < 4.78 is 0. The molecule has 4 radical (unpaired) electrons. The molecule has 0 aromatic carbocycles. The van der Waals surface area contributed by atoms with E-state index in [0.717, 1.165) is 24.2 Å². The molecule has 0 bridgehead atoms. The SMILES string of the molecule is CC(C)CCC[C@@H](C)C1CC[C@H]2C(O)CCC[C@]12C.[Y].[Y].[Y].[Y]. The zero-order valence-electron chi connectivity index (χ0n) is 15.8. The molecule has 0 spiro atoms. The maximum absolute atomic E-state index is 10.3. The van der Waals surface area contributed by atoms with Gasteiger partial charge in [-0.3, -0.25) is 0 Å². The van der Waals surface area contributed by atoms with Gasteiger partial charge in [0.2, 0.25) is 0 Å². The van der Waals surface area contributed by atoms with Crippen LogP contribution in [0.2, 0.25) is 0 Å². The van der Waals surface area contributed by atoms with Crippen molar-refractivity contribution in [2.45, 2.75) is 85.2 Å². The second-order valence-electron chi connectivity index (χ2n) is 8.06. The minimum absolute atomic E-state index is 0. The Labute approximate surface area is 245 Å². The topological polar surface area (TPSA) is 20.2 Å². The zero-order chi connectivity index (χ0) is 14.0. The third kappa shape index (κ3) is 8.73. The zero-order valence-corrected chi connectivity index (χ0v) is 27.2. The van der Waals surface area contributed by atoms with Gasteiger partial charge in [0.25, 0.3) is 0 Å². The standard InChI is InChI=1S/C18H34O.4Y/c1-13(2)7-5-8-14(3)15-10-11-16-17(19)9-6-12-18(15,16)4;;;;/h13-17,19H,5-12H2,1-4H3;;;;/t14-,15?,16+,17?,18-;;;;/m1..../s1. The summed E-state index contributed by atoms with van der Waals surface area (Å²) in [7, 11) is 0. The first-order chi connectivity index (χ1) is 8.95. The molecular weight excluding hydrogens is 588 g/mol. The summed E-state index contributed by atoms with van der Waals surface area (Å²) in [5.74, 6) is 3.15. The van der Waals surface area contributed by atoms with Gasteiger partial charge in [-0.2, -0.15) is 0 Å². The van der Waals surface area contributed by atoms with Gasteiger partial charge in [-0.1, -0.05) is 53.4 Å². The molecule has 2 fully saturated rings. The predicted octanol–water partition coefficient (Wildman–Crippen LogP) is 5.02. The molecule has 1 N–H and O–H groups in total. The van der Waals surface area contributed by atoms with E-state index in [-0.39, 0.29) is 137 Å². The quantitative estimate of drug-likeness (QED) is 0.458. The van der Waals surface area contributed by atoms with Crippen LogP contribution in [0.5, 0.6) is 0 Å². The Kier molecular flexibility index (Phi) is 21.2. The summed E-state index contributed by atoms with van der Waals surface area (Å²) in [6, 6.07) is 0. The van der Waals surface area contributed by atoms with Crippen molar-refractivity contribution in [2.75, 3.05) is 0 Å². The van der Waals surface area contributed by atoms with Crippen molar-refractivity contribution >= 4 is 0 Å². The molecule has 124 valence electrons. The van der Waals surface area contributed by atoms with E-state index in [4.69, 9.17) is 0 Å². The van der Waals surface area contributed by atoms with E-state index in [0.29, 0.717) is 11.3 Å². The van der Waals surface area contributed by atoms with Gasteiger partial charge in [-0.15, -0.1) is 0 Å². The third-order valence-corrected chi connectivity index (χ3v) is 6.29. The molecule has 2 saturated carbocycles. The van der Waals surface area contributed by atoms with E-state index in [1.807, 2.05) is 0 Å². The van der Waals surface area contributed by atoms with E-state index in [9.17, 15) is 5.11 Å². The van der Waals surface area contributed by atoms with Gasteiger partial charge in [0, 0.05) is 131 Å². The van der Waals surface area contributed by atoms with Crippen LogP contribution >= 0.6 is 0 Å². The average molecular weight is 622 g/mol. The Morgan fingerprint density at radius 1 is 0.957 bits per heavy atom. The normalized spacial score (nSPS) is 33.4. The van der Waals surface area contributed by atoms with E-state index in [1.54, 1.807) is 0 Å². The fraction of sp³-hybridized carbons (Fsp3) is 1.00. The monoisotopic (exact) mass is 622 g/mol. The van der Waals surface area contributed by atoms with Crippen molar-refractivity contribution < 1.29 is 136 Å². The van der Waals surface area contributed by atoms with Crippen LogP contribution in [0.15, 0.2) is 0 Å². The molecule has 2 unspecified atom stereocenters. The minimum atomic E-state index is -0.00776. The fourth-order valence-corrected chi connectivity index (χ4v) is 5.17. The maximum atomic E-state index is 10.3. The van der Waals surface area contributed by atoms with Crippen LogP contribution in [0.3, 0.4) is 0 Å². The third-order valence-electron chi connectivity index (χ3n) is 6.29. The maximum Gasteiger partial charge on any atom is 0.0573 e. The molecule has 0 heterocycles. The Bertz CT molecular complexity index is 301. The summed E-state index contributed by atoms with van der Waals surface area (Å²) in [6.07, 6.45) is 10.4. The van der Waals surface area contributed by atoms with Crippen molar-refractivity contribution in [3.63, 3.8) is 0 Å². The van der Waals surface area contributed by atoms with Crippen LogP contribution in [-0.4, -0.2) is 11.2 Å². The number of hydrogen-bond acceptors (Lipinski definition) is 1. The summed E-state index contributed by atoms with van der Waals surface area (Å²) in [5.41, 5.74) is 0.439. The van der Waals surface area contributed by atoms with Crippen molar-refractivity contribution in [1.29, 1.82) is 0 Å². The largest absolute Gasteiger partial charge is 0.393 e. The van der Waals surface area contributed by atoms with Gasteiger partial charge in [-0.25, -0.2) is 0 Å². The van der Waals surface area contributed by atoms with Crippen LogP contribution in [0.1, 0.15) is 79.1 Å². The molecular formula is C18H34OY4. The molecule has 23 heavy (non-hydrogen) atoms. The van der Waals surface area contributed by atoms with Crippen molar-refractivity contribution in [1.82, 2.24) is 0 Å². The summed E-state index contributed by atoms with van der Waals surface area (Å²) in [4.78, 5) is 0. The molecule has 0 saturated heterocycles. The first kappa shape index (κ1) is 32.1. The molecule has 2 rings (SSSR count). The number of aliphatic hydroxyl groups is 1. The van der Waals surface area contributed by atoms with E-state index < -0.39 is 0 Å². The first-order valence-electron chi connectivity index (χ1n) is 8.63. The van der Waals surface area contributed by atoms with Crippen molar-refractivity contribution in [3.8, 4) is 0 Å². The summed E-state index contributed by atoms with van der Waals surface area (Å²) in [5, 5.41) is 10.3. The molecule has 1 nitrogen and oxygen atoms in total. The van der Waals surface area contributed by atoms with Crippen LogP contribution < -0.4 is 0 Å². The van der Waals surface area contributed by atoms with E-state index >= 15 is 0 Å². The van der Waals surface area contributed by atoms with Crippen molar-refractivity contribution in [3.05, 3.63) is 0 Å². The van der Waals surface area contributed by atoms with Crippen LogP contribution in [0.4, 0.5) is 0 Å². The summed E-state index contributed by atoms with van der Waals surface area (Å²) in [6.45, 7) is 9.61. The van der Waals surface area contributed by atoms with Crippen LogP contribution in [-0.2, 0) is 131 Å². The van der Waals surface area contributed by atoms with Gasteiger partial charge in [0.1, 0.15) is 0 Å². The van der Waals surface area contributed by atoms with Crippen LogP contribution in [0.25, 0.3) is 0 Å². The Hall–Kier alpha value is 4.38. The van der Waals surface area contributed by atoms with Crippen molar-refractivity contribution in [2.24, 2.45) is 29.1 Å². The first-order valence-corrected chi connectivity index (χ1v) is 8.63. The van der Waals surface area contributed by atoms with Gasteiger partial charge in [0.05, 0.1) is 6.10 Å². The molecule has 5 atom stereocenters. The van der Waals surface area contributed by atoms with E-state index in [1.165, 1.54) is 44.9 Å². The molecule has 2 aliphatic carbocycles. The number of rotatable bonds is 5. The van der Waals surface area contributed by atoms with Gasteiger partial charge in [-0.05, 0) is 54.8 Å². The molecule has 0 aromatic heterocycles. The van der Waals surface area contributed by atoms with E-state index in [2.05, 4.69) is 27.7 Å². The molecule has 0 aliphatic heterocycles. The minimum Gasteiger partial charge on any atom is -0.393 e. The summed E-state index contributed by atoms with van der Waals surface area (Å²) >= 11 is 0. The molecule has 2 aliphatic rings. The second-order valence-corrected chi connectivity index (χ2v) is 8.06. The van der Waals surface area contributed by atoms with Gasteiger partial charge < -0.3 is 5.11 Å². The Balaban J connectivity index is -0.000001000. The van der Waals surface area contributed by atoms with Gasteiger partial charge >= 0.3 is 0 Å². The Morgan fingerprint density at radius 3 is 2.13 bits per heavy atom. The molecule has 5 heteroatoms. The van der Waals surface area contributed by atoms with Gasteiger partial charge in [0.15, 0.2) is 0 Å². The second kappa shape index (κ2) is 15.2. The van der Waals surface area contributed by atoms with Crippen LogP contribution in [0, 0.1) is 29.1 Å². The average Bonchev–Trinajstić information content (AvgIpc) is 2.67. The smallest absolute Gasteiger partial charge is 0.0573 e. The fourth-order valence-electron chi connectivity index (χ4n) is 5.17. The number of aliphatic hydroxyl groups excluding tert-OH is 1. The number of hydrogen-bond donors (Lipinski definition) is 1. The number of fused-ring (bicyclic) bond motifs is 1. The predicted molar refractivity (Wildman–Crippen MR) is 82.0 cm³/mol. The Morgan fingerprint density at radius 2 is 1.57 bits per heavy atom.